The molecule has 0 aliphatic rings. The van der Waals surface area contributed by atoms with Crippen LogP contribution in [0.1, 0.15) is 37.2 Å². The molecule has 94 valence electrons. The Morgan fingerprint density at radius 1 is 1.53 bits per heavy atom. The fraction of sp³-hybridized carbons (Fsp3) is 0.500. The molecule has 0 atom stereocenters. The summed E-state index contributed by atoms with van der Waals surface area (Å²) in [5.41, 5.74) is -0.221. The number of halogens is 1. The van der Waals surface area contributed by atoms with Crippen LogP contribution in [-0.4, -0.2) is 28.1 Å². The highest BCUT2D eigenvalue weighted by molar-refractivity contribution is 9.10. The quantitative estimate of drug-likeness (QED) is 0.875. The van der Waals surface area contributed by atoms with Gasteiger partial charge in [0.05, 0.1) is 12.1 Å². The van der Waals surface area contributed by atoms with Crippen molar-refractivity contribution in [1.29, 1.82) is 0 Å². The Hall–Kier alpha value is -0.940. The van der Waals surface area contributed by atoms with Crippen LogP contribution in [0.2, 0.25) is 0 Å². The second-order valence-corrected chi connectivity index (χ2v) is 4.79. The summed E-state index contributed by atoms with van der Waals surface area (Å²) in [6, 6.07) is 3.51. The van der Waals surface area contributed by atoms with Gasteiger partial charge in [0.1, 0.15) is 5.69 Å². The normalized spacial score (nSPS) is 11.3. The maximum absolute atomic E-state index is 12.0. The van der Waals surface area contributed by atoms with E-state index in [0.717, 1.165) is 0 Å². The molecular formula is C12H17BrN2O2. The molecule has 2 N–H and O–H groups in total. The summed E-state index contributed by atoms with van der Waals surface area (Å²) in [6.07, 6.45) is 2.92. The summed E-state index contributed by atoms with van der Waals surface area (Å²) in [6.45, 7) is 3.80. The highest BCUT2D eigenvalue weighted by Gasteiger charge is 2.28. The van der Waals surface area contributed by atoms with Crippen LogP contribution in [-0.2, 0) is 0 Å². The summed E-state index contributed by atoms with van der Waals surface area (Å²) < 4.78 is 0.650. The Bertz CT molecular complexity index is 384. The van der Waals surface area contributed by atoms with Gasteiger partial charge in [-0.15, -0.1) is 0 Å². The van der Waals surface area contributed by atoms with E-state index in [0.29, 0.717) is 23.0 Å². The van der Waals surface area contributed by atoms with Gasteiger partial charge in [-0.2, -0.15) is 0 Å². The van der Waals surface area contributed by atoms with Crippen LogP contribution in [0.5, 0.6) is 0 Å². The minimum absolute atomic E-state index is 0.0732. The average Bonchev–Trinajstić information content (AvgIpc) is 2.36. The van der Waals surface area contributed by atoms with Gasteiger partial charge in [0, 0.05) is 10.7 Å². The first-order valence-corrected chi connectivity index (χ1v) is 6.41. The summed E-state index contributed by atoms with van der Waals surface area (Å²) >= 11 is 3.28. The van der Waals surface area contributed by atoms with Crippen LogP contribution >= 0.6 is 15.9 Å². The van der Waals surface area contributed by atoms with Crippen LogP contribution in [0, 0.1) is 0 Å². The van der Waals surface area contributed by atoms with E-state index >= 15 is 0 Å². The van der Waals surface area contributed by atoms with E-state index < -0.39 is 5.54 Å². The van der Waals surface area contributed by atoms with E-state index in [9.17, 15) is 9.90 Å². The van der Waals surface area contributed by atoms with E-state index in [2.05, 4.69) is 26.2 Å². The lowest BCUT2D eigenvalue weighted by Gasteiger charge is -2.30. The fourth-order valence-corrected chi connectivity index (χ4v) is 1.98. The summed E-state index contributed by atoms with van der Waals surface area (Å²) in [7, 11) is 0. The van der Waals surface area contributed by atoms with Gasteiger partial charge in [-0.25, -0.2) is 4.98 Å². The molecule has 0 unspecified atom stereocenters. The monoisotopic (exact) mass is 300 g/mol. The number of aliphatic hydroxyl groups is 1. The maximum atomic E-state index is 12.0. The molecular weight excluding hydrogens is 284 g/mol. The topological polar surface area (TPSA) is 62.2 Å². The van der Waals surface area contributed by atoms with Crippen LogP contribution in [0.3, 0.4) is 0 Å². The van der Waals surface area contributed by atoms with Crippen molar-refractivity contribution in [1.82, 2.24) is 10.3 Å². The van der Waals surface area contributed by atoms with Gasteiger partial charge < -0.3 is 10.4 Å². The van der Waals surface area contributed by atoms with Crippen molar-refractivity contribution < 1.29 is 9.90 Å². The van der Waals surface area contributed by atoms with Gasteiger partial charge in [-0.3, -0.25) is 4.79 Å². The van der Waals surface area contributed by atoms with Crippen molar-refractivity contribution in [2.75, 3.05) is 6.61 Å². The molecule has 0 spiro atoms. The molecule has 0 radical (unpaired) electrons. The zero-order valence-electron chi connectivity index (χ0n) is 10.0. The molecule has 1 aromatic rings. The summed E-state index contributed by atoms with van der Waals surface area (Å²) in [5, 5.41) is 12.3. The predicted octanol–water partition coefficient (Wildman–Crippen LogP) is 2.12. The number of hydrogen-bond donors (Lipinski definition) is 2. The lowest BCUT2D eigenvalue weighted by Crippen LogP contribution is -2.50. The third-order valence-electron chi connectivity index (χ3n) is 3.01. The largest absolute Gasteiger partial charge is 0.394 e. The molecule has 1 rings (SSSR count). The molecule has 0 aromatic carbocycles. The number of nitrogens with zero attached hydrogens (tertiary/aromatic N) is 1. The Morgan fingerprint density at radius 3 is 2.65 bits per heavy atom. The van der Waals surface area contributed by atoms with Gasteiger partial charge in [0.15, 0.2) is 0 Å². The molecule has 4 nitrogen and oxygen atoms in total. The van der Waals surface area contributed by atoms with E-state index in [1.54, 1.807) is 18.3 Å². The molecule has 1 aromatic heterocycles. The standard InChI is InChI=1S/C12H17BrN2O2/c1-3-12(4-2,8-16)15-11(17)10-9(13)6-5-7-14-10/h5-7,16H,3-4,8H2,1-2H3,(H,15,17). The molecule has 0 aliphatic carbocycles. The molecule has 17 heavy (non-hydrogen) atoms. The predicted molar refractivity (Wildman–Crippen MR) is 69.8 cm³/mol. The smallest absolute Gasteiger partial charge is 0.271 e. The summed E-state index contributed by atoms with van der Waals surface area (Å²) in [4.78, 5) is 16.1. The van der Waals surface area contributed by atoms with Crippen LogP contribution in [0.4, 0.5) is 0 Å². The lowest BCUT2D eigenvalue weighted by molar-refractivity contribution is 0.0812. The van der Waals surface area contributed by atoms with Crippen LogP contribution < -0.4 is 5.32 Å². The highest BCUT2D eigenvalue weighted by Crippen LogP contribution is 2.18. The molecule has 0 fully saturated rings. The number of rotatable bonds is 5. The Morgan fingerprint density at radius 2 is 2.18 bits per heavy atom. The van der Waals surface area contributed by atoms with E-state index in [1.165, 1.54) is 0 Å². The third-order valence-corrected chi connectivity index (χ3v) is 3.65. The van der Waals surface area contributed by atoms with Crippen LogP contribution in [0.25, 0.3) is 0 Å². The van der Waals surface area contributed by atoms with Gasteiger partial charge in [-0.1, -0.05) is 13.8 Å². The molecule has 0 saturated carbocycles. The Labute approximate surface area is 110 Å². The number of aromatic nitrogens is 1. The molecule has 1 heterocycles. The van der Waals surface area contributed by atoms with Crippen molar-refractivity contribution in [3.63, 3.8) is 0 Å². The number of carbonyl (C=O) groups is 1. The van der Waals surface area contributed by atoms with Crippen molar-refractivity contribution in [2.24, 2.45) is 0 Å². The Kier molecular flexibility index (Phi) is 5.08. The average molecular weight is 301 g/mol. The molecule has 0 aliphatic heterocycles. The second-order valence-electron chi connectivity index (χ2n) is 3.93. The minimum Gasteiger partial charge on any atom is -0.394 e. The first-order valence-electron chi connectivity index (χ1n) is 5.62. The van der Waals surface area contributed by atoms with E-state index in [-0.39, 0.29) is 12.5 Å². The third kappa shape index (κ3) is 3.26. The minimum atomic E-state index is -0.561. The van der Waals surface area contributed by atoms with E-state index in [1.807, 2.05) is 13.8 Å². The second kappa shape index (κ2) is 6.12. The van der Waals surface area contributed by atoms with Gasteiger partial charge in [0.2, 0.25) is 0 Å². The van der Waals surface area contributed by atoms with Gasteiger partial charge in [0.25, 0.3) is 5.91 Å². The van der Waals surface area contributed by atoms with E-state index in [4.69, 9.17) is 0 Å². The Balaban J connectivity index is 2.89. The molecule has 0 saturated heterocycles. The number of carbonyl (C=O) groups excluding carboxylic acids is 1. The SMILES string of the molecule is CCC(CC)(CO)NC(=O)c1ncccc1Br. The van der Waals surface area contributed by atoms with Crippen molar-refractivity contribution in [3.05, 3.63) is 28.5 Å². The molecule has 5 heteroatoms. The number of aliphatic hydroxyl groups excluding tert-OH is 1. The lowest BCUT2D eigenvalue weighted by atomic mass is 9.93. The van der Waals surface area contributed by atoms with Crippen molar-refractivity contribution >= 4 is 21.8 Å². The number of hydrogen-bond acceptors (Lipinski definition) is 3. The summed E-state index contributed by atoms with van der Waals surface area (Å²) in [5.74, 6) is -0.268. The maximum Gasteiger partial charge on any atom is 0.271 e. The molecule has 0 bridgehead atoms. The number of amides is 1. The van der Waals surface area contributed by atoms with Gasteiger partial charge >= 0.3 is 0 Å². The first-order chi connectivity index (χ1) is 8.08. The van der Waals surface area contributed by atoms with Crippen LogP contribution in [0.15, 0.2) is 22.8 Å². The zero-order chi connectivity index (χ0) is 12.9. The fourth-order valence-electron chi connectivity index (χ4n) is 1.54. The van der Waals surface area contributed by atoms with Crippen molar-refractivity contribution in [3.8, 4) is 0 Å². The first kappa shape index (κ1) is 14.1. The number of pyridine rings is 1. The highest BCUT2D eigenvalue weighted by atomic mass is 79.9. The van der Waals surface area contributed by atoms with Gasteiger partial charge in [-0.05, 0) is 40.9 Å². The molecule has 1 amide bonds. The zero-order valence-corrected chi connectivity index (χ0v) is 11.6. The number of nitrogens with one attached hydrogen (secondary N) is 1. The van der Waals surface area contributed by atoms with Crippen molar-refractivity contribution in [2.45, 2.75) is 32.2 Å².